The fraction of sp³-hybridized carbons (Fsp3) is 0.212. The summed E-state index contributed by atoms with van der Waals surface area (Å²) < 4.78 is 67.1. The first-order valence-corrected chi connectivity index (χ1v) is 15.0. The third kappa shape index (κ3) is 9.30. The van der Waals surface area contributed by atoms with Crippen LogP contribution >= 0.6 is 0 Å². The maximum absolute atomic E-state index is 13.1. The first-order chi connectivity index (χ1) is 24.4. The van der Waals surface area contributed by atoms with Crippen LogP contribution in [0.2, 0.25) is 0 Å². The zero-order chi connectivity index (χ0) is 38.4. The number of aryl methyl sites for hydroxylation is 1. The largest absolute Gasteiger partial charge is 0.490 e. The van der Waals surface area contributed by atoms with E-state index in [0.29, 0.717) is 23.2 Å². The molecule has 0 spiro atoms. The van der Waals surface area contributed by atoms with E-state index in [9.17, 15) is 35.9 Å². The van der Waals surface area contributed by atoms with Gasteiger partial charge in [0.15, 0.2) is 0 Å². The number of nitrogens with zero attached hydrogens (tertiary/aromatic N) is 4. The Morgan fingerprint density at radius 3 is 2.06 bits per heavy atom. The van der Waals surface area contributed by atoms with E-state index in [1.165, 1.54) is 17.0 Å². The lowest BCUT2D eigenvalue weighted by molar-refractivity contribution is -0.193. The quantitative estimate of drug-likeness (QED) is 0.150. The molecule has 4 heterocycles. The average Bonchev–Trinajstić information content (AvgIpc) is 3.75. The van der Waals surface area contributed by atoms with Crippen LogP contribution in [-0.4, -0.2) is 72.6 Å². The van der Waals surface area contributed by atoms with Crippen molar-refractivity contribution in [3.05, 3.63) is 101 Å². The maximum atomic E-state index is 13.1. The number of pyridine rings is 1. The van der Waals surface area contributed by atoms with E-state index in [2.05, 4.69) is 31.4 Å². The number of nitrogens with two attached hydrogens (primary N) is 1. The van der Waals surface area contributed by atoms with Crippen molar-refractivity contribution in [2.45, 2.75) is 31.7 Å². The number of aliphatic carboxylic acids is 2. The summed E-state index contributed by atoms with van der Waals surface area (Å²) in [6, 6.07) is 18.6. The second kappa shape index (κ2) is 15.8. The maximum Gasteiger partial charge on any atom is 0.490 e. The minimum absolute atomic E-state index is 0.0651. The molecule has 1 amide bonds. The van der Waals surface area contributed by atoms with Gasteiger partial charge in [-0.05, 0) is 61.9 Å². The van der Waals surface area contributed by atoms with Crippen LogP contribution in [0.4, 0.5) is 37.8 Å². The zero-order valence-corrected chi connectivity index (χ0v) is 26.9. The molecule has 6 rings (SSSR count). The lowest BCUT2D eigenvalue weighted by Gasteiger charge is -2.11. The lowest BCUT2D eigenvalue weighted by atomic mass is 10.1. The number of carbonyl (C=O) groups is 3. The van der Waals surface area contributed by atoms with Crippen molar-refractivity contribution in [1.82, 2.24) is 24.4 Å². The standard InChI is InChI=1S/C29H27N7O2.2C2HF3O2/c1-18-4-10-21(11-5-18)35-14-2-3-23(29(35)38)28(37)34-20-8-6-19(7-9-20)24-16-36(22-12-13-31-15-22)27-25(24)26(30)32-17-33-27;2*3-2(4,5)1(6)7/h2-11,14,16-17,22,31H,12-13,15H2,1H3,(H,34,37)(H2,30,32,33);2*(H,6,7). The number of aromatic nitrogens is 4. The van der Waals surface area contributed by atoms with Gasteiger partial charge in [-0.2, -0.15) is 26.3 Å². The number of rotatable bonds is 5. The Labute approximate surface area is 289 Å². The van der Waals surface area contributed by atoms with Gasteiger partial charge in [-0.15, -0.1) is 0 Å². The Kier molecular flexibility index (Phi) is 11.7. The van der Waals surface area contributed by atoms with E-state index in [1.54, 1.807) is 12.3 Å². The molecule has 1 atom stereocenters. The summed E-state index contributed by atoms with van der Waals surface area (Å²) in [4.78, 5) is 52.6. The van der Waals surface area contributed by atoms with Crippen molar-refractivity contribution in [2.75, 3.05) is 24.1 Å². The molecule has 6 N–H and O–H groups in total. The molecule has 13 nitrogen and oxygen atoms in total. The number of nitrogens with one attached hydrogen (secondary N) is 2. The highest BCUT2D eigenvalue weighted by Gasteiger charge is 2.39. The van der Waals surface area contributed by atoms with Crippen molar-refractivity contribution in [1.29, 1.82) is 0 Å². The molecule has 0 aliphatic carbocycles. The molecule has 19 heteroatoms. The Bertz CT molecular complexity index is 2100. The smallest absolute Gasteiger partial charge is 0.475 e. The molecule has 1 saturated heterocycles. The normalized spacial score (nSPS) is 14.1. The van der Waals surface area contributed by atoms with Crippen LogP contribution in [0.15, 0.2) is 84.2 Å². The van der Waals surface area contributed by atoms with Crippen LogP contribution < -0.4 is 21.9 Å². The highest BCUT2D eigenvalue weighted by Crippen LogP contribution is 2.35. The first-order valence-electron chi connectivity index (χ1n) is 15.0. The monoisotopic (exact) mass is 733 g/mol. The summed E-state index contributed by atoms with van der Waals surface area (Å²) in [7, 11) is 0. The summed E-state index contributed by atoms with van der Waals surface area (Å²) >= 11 is 0. The number of amides is 1. The van der Waals surface area contributed by atoms with E-state index in [4.69, 9.17) is 25.5 Å². The number of alkyl halides is 6. The molecule has 1 fully saturated rings. The first kappa shape index (κ1) is 38.6. The number of carbonyl (C=O) groups excluding carboxylic acids is 1. The molecule has 0 bridgehead atoms. The molecule has 3 aromatic heterocycles. The van der Waals surface area contributed by atoms with Gasteiger partial charge in [0.05, 0.1) is 5.39 Å². The molecule has 1 aliphatic heterocycles. The summed E-state index contributed by atoms with van der Waals surface area (Å²) in [5.41, 5.74) is 11.0. The number of hydrogen-bond donors (Lipinski definition) is 5. The van der Waals surface area contributed by atoms with Crippen LogP contribution in [0.25, 0.3) is 27.8 Å². The Morgan fingerprint density at radius 2 is 1.52 bits per heavy atom. The predicted octanol–water partition coefficient (Wildman–Crippen LogP) is 5.19. The van der Waals surface area contributed by atoms with Gasteiger partial charge < -0.3 is 31.1 Å². The number of carboxylic acid groups (broad SMARTS) is 2. The Balaban J connectivity index is 0.000000367. The molecular weight excluding hydrogens is 704 g/mol. The number of halogens is 6. The van der Waals surface area contributed by atoms with Gasteiger partial charge >= 0.3 is 24.3 Å². The second-order valence-corrected chi connectivity index (χ2v) is 11.1. The van der Waals surface area contributed by atoms with E-state index in [1.807, 2.05) is 55.5 Å². The zero-order valence-electron chi connectivity index (χ0n) is 26.9. The Morgan fingerprint density at radius 1 is 0.923 bits per heavy atom. The number of anilines is 2. The molecular formula is C33H29F6N7O6. The van der Waals surface area contributed by atoms with Crippen LogP contribution in [-0.2, 0) is 9.59 Å². The molecule has 52 heavy (non-hydrogen) atoms. The SMILES string of the molecule is Cc1ccc(-n2cccc(C(=O)Nc3ccc(-c4cn(C5CCNC5)c5ncnc(N)c45)cc3)c2=O)cc1.O=C(O)C(F)(F)F.O=C(O)C(F)(F)F. The van der Waals surface area contributed by atoms with Gasteiger partial charge in [0, 0.05) is 41.9 Å². The van der Waals surface area contributed by atoms with E-state index in [-0.39, 0.29) is 11.1 Å². The van der Waals surface area contributed by atoms with Gasteiger partial charge in [0.1, 0.15) is 23.4 Å². The highest BCUT2D eigenvalue weighted by atomic mass is 19.4. The van der Waals surface area contributed by atoms with Crippen LogP contribution in [0, 0.1) is 6.92 Å². The molecule has 1 unspecified atom stereocenters. The van der Waals surface area contributed by atoms with E-state index < -0.39 is 30.2 Å². The topological polar surface area (TPSA) is 194 Å². The van der Waals surface area contributed by atoms with Crippen molar-refractivity contribution in [3.8, 4) is 16.8 Å². The third-order valence-corrected chi connectivity index (χ3v) is 7.51. The summed E-state index contributed by atoms with van der Waals surface area (Å²) in [6.45, 7) is 3.82. The van der Waals surface area contributed by atoms with Crippen LogP contribution in [0.5, 0.6) is 0 Å². The van der Waals surface area contributed by atoms with Gasteiger partial charge in [-0.25, -0.2) is 19.6 Å². The van der Waals surface area contributed by atoms with Crippen molar-refractivity contribution >= 4 is 40.4 Å². The van der Waals surface area contributed by atoms with Crippen molar-refractivity contribution in [2.24, 2.45) is 0 Å². The van der Waals surface area contributed by atoms with Gasteiger partial charge in [0.2, 0.25) is 0 Å². The van der Waals surface area contributed by atoms with Crippen LogP contribution in [0.1, 0.15) is 28.4 Å². The summed E-state index contributed by atoms with van der Waals surface area (Å²) in [5, 5.41) is 21.3. The summed E-state index contributed by atoms with van der Waals surface area (Å²) in [5.74, 6) is -5.55. The van der Waals surface area contributed by atoms with Gasteiger partial charge in [0.25, 0.3) is 11.5 Å². The molecule has 5 aromatic rings. The van der Waals surface area contributed by atoms with E-state index >= 15 is 0 Å². The minimum atomic E-state index is -5.08. The van der Waals surface area contributed by atoms with Gasteiger partial charge in [-0.1, -0.05) is 29.8 Å². The molecule has 0 saturated carbocycles. The van der Waals surface area contributed by atoms with E-state index in [0.717, 1.165) is 47.2 Å². The predicted molar refractivity (Wildman–Crippen MR) is 176 cm³/mol. The number of fused-ring (bicyclic) bond motifs is 1. The lowest BCUT2D eigenvalue weighted by Crippen LogP contribution is -2.27. The van der Waals surface area contributed by atoms with Gasteiger partial charge in [-0.3, -0.25) is 14.2 Å². The second-order valence-electron chi connectivity index (χ2n) is 11.1. The number of nitrogen functional groups attached to an aromatic ring is 1. The van der Waals surface area contributed by atoms with Crippen molar-refractivity contribution in [3.63, 3.8) is 0 Å². The third-order valence-electron chi connectivity index (χ3n) is 7.51. The van der Waals surface area contributed by atoms with Crippen LogP contribution in [0.3, 0.4) is 0 Å². The number of hydrogen-bond acceptors (Lipinski definition) is 8. The summed E-state index contributed by atoms with van der Waals surface area (Å²) in [6.07, 6.45) is -3.91. The molecule has 274 valence electrons. The Hall–Kier alpha value is -6.24. The average molecular weight is 734 g/mol. The molecule has 2 aromatic carbocycles. The number of carboxylic acids is 2. The highest BCUT2D eigenvalue weighted by molar-refractivity contribution is 6.04. The fourth-order valence-corrected chi connectivity index (χ4v) is 4.99. The van der Waals surface area contributed by atoms with Crippen molar-refractivity contribution < 1.29 is 50.9 Å². The fourth-order valence-electron chi connectivity index (χ4n) is 4.99. The molecule has 0 radical (unpaired) electrons. The molecule has 1 aliphatic rings. The minimum Gasteiger partial charge on any atom is -0.475 e. The number of benzene rings is 2.